The molecule has 0 aliphatic heterocycles. The van der Waals surface area contributed by atoms with Crippen LogP contribution in [0, 0.1) is 0 Å². The van der Waals surface area contributed by atoms with E-state index in [0.717, 1.165) is 32.1 Å². The van der Waals surface area contributed by atoms with E-state index in [1.165, 1.54) is 283 Å². The number of nitrogens with zero attached hydrogens (tertiary/aromatic N) is 1. The third-order valence-electron chi connectivity index (χ3n) is 15.5. The number of phosphoric acid groups is 1. The second kappa shape index (κ2) is 60.1. The molecular formula is C68H133NO8P+. The molecule has 2 unspecified atom stereocenters. The van der Waals surface area contributed by atoms with Crippen molar-refractivity contribution in [3.05, 3.63) is 24.3 Å². The third-order valence-corrected chi connectivity index (χ3v) is 16.4. The molecule has 0 rings (SSSR count). The smallest absolute Gasteiger partial charge is 0.462 e. The summed E-state index contributed by atoms with van der Waals surface area (Å²) in [7, 11) is 1.49. The highest BCUT2D eigenvalue weighted by Gasteiger charge is 2.27. The van der Waals surface area contributed by atoms with Gasteiger partial charge >= 0.3 is 19.8 Å². The Morgan fingerprint density at radius 1 is 0.385 bits per heavy atom. The average molecular weight is 1120 g/mol. The van der Waals surface area contributed by atoms with Crippen LogP contribution in [-0.2, 0) is 32.7 Å². The molecule has 0 fully saturated rings. The standard InChI is InChI=1S/C68H132NO8P/c1-6-8-10-12-14-16-18-20-22-24-25-26-27-28-29-30-31-32-33-34-35-36-37-38-39-40-41-42-43-45-47-49-51-53-55-57-59-61-68(71)77-66(65-76-78(72,73)75-63-62-69(3,4)5)64-74-67(70)60-58-56-54-52-50-48-46-44-23-21-19-17-15-13-11-9-7-2/h21,23-25,66H,6-20,22,26-65H2,1-5H3/p+1/b23-21-,25-24-. The quantitative estimate of drug-likeness (QED) is 0.0211. The Morgan fingerprint density at radius 2 is 0.654 bits per heavy atom. The summed E-state index contributed by atoms with van der Waals surface area (Å²) in [6.07, 6.45) is 74.4. The van der Waals surface area contributed by atoms with Crippen LogP contribution in [0.4, 0.5) is 0 Å². The fraction of sp³-hybridized carbons (Fsp3) is 0.912. The van der Waals surface area contributed by atoms with Gasteiger partial charge in [0.15, 0.2) is 6.10 Å². The van der Waals surface area contributed by atoms with Crippen molar-refractivity contribution in [3.8, 4) is 0 Å². The first-order valence-corrected chi connectivity index (χ1v) is 35.6. The van der Waals surface area contributed by atoms with Crippen molar-refractivity contribution < 1.29 is 42.1 Å². The van der Waals surface area contributed by atoms with Gasteiger partial charge < -0.3 is 18.9 Å². The monoisotopic (exact) mass is 1120 g/mol. The molecule has 10 heteroatoms. The minimum Gasteiger partial charge on any atom is -0.462 e. The highest BCUT2D eigenvalue weighted by Crippen LogP contribution is 2.43. The van der Waals surface area contributed by atoms with Crippen LogP contribution in [0.25, 0.3) is 0 Å². The number of unbranched alkanes of at least 4 members (excludes halogenated alkanes) is 46. The van der Waals surface area contributed by atoms with E-state index in [1.54, 1.807) is 0 Å². The lowest BCUT2D eigenvalue weighted by Crippen LogP contribution is -2.37. The van der Waals surface area contributed by atoms with Gasteiger partial charge in [-0.2, -0.15) is 0 Å². The van der Waals surface area contributed by atoms with Gasteiger partial charge in [0.2, 0.25) is 0 Å². The number of esters is 2. The fourth-order valence-electron chi connectivity index (χ4n) is 10.2. The second-order valence-electron chi connectivity index (χ2n) is 24.6. The molecule has 0 saturated carbocycles. The maximum absolute atomic E-state index is 12.8. The molecule has 0 spiro atoms. The van der Waals surface area contributed by atoms with Gasteiger partial charge in [0, 0.05) is 12.8 Å². The van der Waals surface area contributed by atoms with Gasteiger partial charge in [0.05, 0.1) is 27.7 Å². The summed E-state index contributed by atoms with van der Waals surface area (Å²) in [6, 6.07) is 0. The van der Waals surface area contributed by atoms with Crippen molar-refractivity contribution in [1.82, 2.24) is 0 Å². The topological polar surface area (TPSA) is 108 Å². The molecule has 0 radical (unpaired) electrons. The normalized spacial score (nSPS) is 13.3. The van der Waals surface area contributed by atoms with Crippen LogP contribution in [-0.4, -0.2) is 74.9 Å². The average Bonchev–Trinajstić information content (AvgIpc) is 3.41. The second-order valence-corrected chi connectivity index (χ2v) is 26.0. The van der Waals surface area contributed by atoms with Crippen LogP contribution in [0.1, 0.15) is 348 Å². The predicted octanol–water partition coefficient (Wildman–Crippen LogP) is 21.7. The Hall–Kier alpha value is -1.51. The van der Waals surface area contributed by atoms with Gasteiger partial charge in [-0.1, -0.05) is 295 Å². The molecule has 2 atom stereocenters. The molecule has 462 valence electrons. The first-order valence-electron chi connectivity index (χ1n) is 34.1. The van der Waals surface area contributed by atoms with Gasteiger partial charge in [-0.25, -0.2) is 4.57 Å². The molecule has 0 bridgehead atoms. The van der Waals surface area contributed by atoms with Gasteiger partial charge in [0.1, 0.15) is 19.8 Å². The number of phosphoric ester groups is 1. The lowest BCUT2D eigenvalue weighted by Gasteiger charge is -2.24. The van der Waals surface area contributed by atoms with E-state index in [0.29, 0.717) is 17.4 Å². The highest BCUT2D eigenvalue weighted by atomic mass is 31.2. The van der Waals surface area contributed by atoms with Crippen LogP contribution in [0.2, 0.25) is 0 Å². The summed E-state index contributed by atoms with van der Waals surface area (Å²) in [4.78, 5) is 35.8. The Kier molecular flexibility index (Phi) is 58.9. The zero-order chi connectivity index (χ0) is 57.0. The van der Waals surface area contributed by atoms with Crippen molar-refractivity contribution in [2.24, 2.45) is 0 Å². The number of ether oxygens (including phenoxy) is 2. The van der Waals surface area contributed by atoms with Crippen molar-refractivity contribution in [2.75, 3.05) is 47.5 Å². The number of quaternary nitrogens is 1. The van der Waals surface area contributed by atoms with Gasteiger partial charge in [0.25, 0.3) is 0 Å². The van der Waals surface area contributed by atoms with Crippen LogP contribution < -0.4 is 0 Å². The van der Waals surface area contributed by atoms with E-state index in [2.05, 4.69) is 38.2 Å². The van der Waals surface area contributed by atoms with Crippen molar-refractivity contribution >= 4 is 19.8 Å². The van der Waals surface area contributed by atoms with E-state index < -0.39 is 26.5 Å². The zero-order valence-corrected chi connectivity index (χ0v) is 53.6. The molecule has 0 amide bonds. The third kappa shape index (κ3) is 63.7. The lowest BCUT2D eigenvalue weighted by molar-refractivity contribution is -0.870. The number of rotatable bonds is 64. The van der Waals surface area contributed by atoms with Crippen LogP contribution in [0.15, 0.2) is 24.3 Å². The SMILES string of the molecule is CCCCCCCC/C=C\CCCCCCCCCC(=O)OCC(COP(=O)(O)OCC[N+](C)(C)C)OC(=O)CCCCCCCCCCCCCCCCCCCCCCCCCCC/C=C\CCCCCCCCCC. The molecule has 0 aromatic heterocycles. The number of hydrogen-bond acceptors (Lipinski definition) is 7. The van der Waals surface area contributed by atoms with E-state index >= 15 is 0 Å². The van der Waals surface area contributed by atoms with E-state index in [1.807, 2.05) is 21.1 Å². The summed E-state index contributed by atoms with van der Waals surface area (Å²) < 4.78 is 34.6. The molecule has 0 aromatic carbocycles. The van der Waals surface area contributed by atoms with Crippen LogP contribution in [0.3, 0.4) is 0 Å². The fourth-order valence-corrected chi connectivity index (χ4v) is 10.9. The molecule has 1 N–H and O–H groups in total. The summed E-state index contributed by atoms with van der Waals surface area (Å²) in [5, 5.41) is 0. The maximum Gasteiger partial charge on any atom is 0.472 e. The number of hydrogen-bond donors (Lipinski definition) is 1. The van der Waals surface area contributed by atoms with E-state index in [9.17, 15) is 19.0 Å². The lowest BCUT2D eigenvalue weighted by atomic mass is 10.0. The number of allylic oxidation sites excluding steroid dienone is 4. The summed E-state index contributed by atoms with van der Waals surface area (Å²) >= 11 is 0. The van der Waals surface area contributed by atoms with Gasteiger partial charge in [-0.3, -0.25) is 18.6 Å². The summed E-state index contributed by atoms with van der Waals surface area (Å²) in [6.45, 7) is 4.48. The minimum atomic E-state index is -4.38. The summed E-state index contributed by atoms with van der Waals surface area (Å²) in [5.74, 6) is -0.784. The first kappa shape index (κ1) is 76.5. The van der Waals surface area contributed by atoms with Gasteiger partial charge in [-0.15, -0.1) is 0 Å². The van der Waals surface area contributed by atoms with E-state index in [4.69, 9.17) is 18.5 Å². The van der Waals surface area contributed by atoms with Crippen LogP contribution >= 0.6 is 7.82 Å². The van der Waals surface area contributed by atoms with Gasteiger partial charge in [-0.05, 0) is 64.2 Å². The molecular weight excluding hydrogens is 990 g/mol. The molecule has 0 aromatic rings. The molecule has 9 nitrogen and oxygen atoms in total. The number of carbonyl (C=O) groups excluding carboxylic acids is 2. The Labute approximate surface area is 485 Å². The Morgan fingerprint density at radius 3 is 0.949 bits per heavy atom. The minimum absolute atomic E-state index is 0.0342. The summed E-state index contributed by atoms with van der Waals surface area (Å²) in [5.41, 5.74) is 0. The van der Waals surface area contributed by atoms with Crippen molar-refractivity contribution in [1.29, 1.82) is 0 Å². The Balaban J connectivity index is 3.91. The molecule has 0 heterocycles. The molecule has 0 saturated heterocycles. The number of likely N-dealkylation sites (N-methyl/N-ethyl adjacent to an activating group) is 1. The highest BCUT2D eigenvalue weighted by molar-refractivity contribution is 7.47. The maximum atomic E-state index is 12.8. The van der Waals surface area contributed by atoms with Crippen LogP contribution in [0.5, 0.6) is 0 Å². The largest absolute Gasteiger partial charge is 0.472 e. The molecule has 0 aliphatic rings. The number of carbonyl (C=O) groups is 2. The van der Waals surface area contributed by atoms with Crippen molar-refractivity contribution in [3.63, 3.8) is 0 Å². The Bertz CT molecular complexity index is 1370. The van der Waals surface area contributed by atoms with Crippen molar-refractivity contribution in [2.45, 2.75) is 354 Å². The first-order chi connectivity index (χ1) is 38.0. The van der Waals surface area contributed by atoms with E-state index in [-0.39, 0.29) is 32.0 Å². The molecule has 0 aliphatic carbocycles. The predicted molar refractivity (Wildman–Crippen MR) is 335 cm³/mol. The molecule has 78 heavy (non-hydrogen) atoms. The zero-order valence-electron chi connectivity index (χ0n) is 52.7.